The lowest BCUT2D eigenvalue weighted by Crippen LogP contribution is -2.50. The summed E-state index contributed by atoms with van der Waals surface area (Å²) in [6, 6.07) is 0.621. The van der Waals surface area contributed by atoms with Crippen molar-refractivity contribution < 1.29 is 0 Å². The number of nitrogens with zero attached hydrogens (tertiary/aromatic N) is 5. The van der Waals surface area contributed by atoms with E-state index in [9.17, 15) is 0 Å². The predicted molar refractivity (Wildman–Crippen MR) is 128 cm³/mol. The van der Waals surface area contributed by atoms with Crippen LogP contribution in [-0.4, -0.2) is 71.4 Å². The van der Waals surface area contributed by atoms with Crippen LogP contribution in [0, 0.1) is 5.92 Å². The summed E-state index contributed by atoms with van der Waals surface area (Å²) in [5.41, 5.74) is 1.35. The van der Waals surface area contributed by atoms with E-state index in [1.807, 2.05) is 25.0 Å². The summed E-state index contributed by atoms with van der Waals surface area (Å²) < 4.78 is 1.90. The maximum Gasteiger partial charge on any atom is 0.193 e. The van der Waals surface area contributed by atoms with E-state index in [1.54, 1.807) is 0 Å². The Morgan fingerprint density at radius 3 is 2.54 bits per heavy atom. The molecular weight excluding hydrogens is 463 g/mol. The fourth-order valence-electron chi connectivity index (χ4n) is 4.90. The number of likely N-dealkylation sites (tertiary alicyclic amines) is 2. The van der Waals surface area contributed by atoms with E-state index < -0.39 is 0 Å². The lowest BCUT2D eigenvalue weighted by atomic mass is 9.93. The smallest absolute Gasteiger partial charge is 0.193 e. The van der Waals surface area contributed by atoms with Crippen molar-refractivity contribution in [3.63, 3.8) is 0 Å². The number of aryl methyl sites for hydroxylation is 1. The van der Waals surface area contributed by atoms with E-state index in [0.29, 0.717) is 12.0 Å². The minimum atomic E-state index is 0. The standard InChI is InChI=1S/C21H38N6.HI/c1-5-17(6-2)20(26-10-7-8-11-26)14-23-21(22-3)27-12-9-18(16-27)19-13-24-25(4)15-19;/h13,15,17-18,20H,5-12,14,16H2,1-4H3,(H,22,23);1H. The first-order valence-corrected chi connectivity index (χ1v) is 10.8. The highest BCUT2D eigenvalue weighted by molar-refractivity contribution is 14.0. The van der Waals surface area contributed by atoms with E-state index in [2.05, 4.69) is 45.3 Å². The average Bonchev–Trinajstić information content (AvgIpc) is 3.43. The average molecular weight is 502 g/mol. The molecule has 0 amide bonds. The molecule has 1 N–H and O–H groups in total. The van der Waals surface area contributed by atoms with Gasteiger partial charge in [0.05, 0.1) is 6.20 Å². The van der Waals surface area contributed by atoms with E-state index in [1.165, 1.54) is 50.8 Å². The fourth-order valence-corrected chi connectivity index (χ4v) is 4.90. The molecule has 1 aromatic rings. The summed E-state index contributed by atoms with van der Waals surface area (Å²) in [5, 5.41) is 8.07. The van der Waals surface area contributed by atoms with Crippen molar-refractivity contribution in [2.75, 3.05) is 39.8 Å². The number of nitrogens with one attached hydrogen (secondary N) is 1. The van der Waals surface area contributed by atoms with Crippen LogP contribution in [0.15, 0.2) is 17.4 Å². The zero-order chi connectivity index (χ0) is 19.2. The van der Waals surface area contributed by atoms with Gasteiger partial charge >= 0.3 is 0 Å². The number of hydrogen-bond donors (Lipinski definition) is 1. The molecule has 2 aliphatic rings. The summed E-state index contributed by atoms with van der Waals surface area (Å²) in [6.45, 7) is 10.3. The SMILES string of the molecule is CCC(CC)C(CNC(=NC)N1CCC(c2cnn(C)c2)C1)N1CCCC1.I. The van der Waals surface area contributed by atoms with Gasteiger partial charge in [-0.2, -0.15) is 5.10 Å². The maximum absolute atomic E-state index is 4.61. The molecule has 0 aliphatic carbocycles. The maximum atomic E-state index is 4.61. The van der Waals surface area contributed by atoms with Crippen LogP contribution < -0.4 is 5.32 Å². The highest BCUT2D eigenvalue weighted by Gasteiger charge is 2.30. The zero-order valence-corrected chi connectivity index (χ0v) is 20.4. The molecule has 0 bridgehead atoms. The van der Waals surface area contributed by atoms with Gasteiger partial charge < -0.3 is 10.2 Å². The van der Waals surface area contributed by atoms with Crippen molar-refractivity contribution in [3.8, 4) is 0 Å². The molecule has 7 heteroatoms. The molecule has 3 heterocycles. The first-order valence-electron chi connectivity index (χ1n) is 10.8. The molecule has 2 aliphatic heterocycles. The minimum Gasteiger partial charge on any atom is -0.355 e. The van der Waals surface area contributed by atoms with Gasteiger partial charge in [0.25, 0.3) is 0 Å². The minimum absolute atomic E-state index is 0. The molecule has 0 spiro atoms. The van der Waals surface area contributed by atoms with Crippen LogP contribution in [0.25, 0.3) is 0 Å². The summed E-state index contributed by atoms with van der Waals surface area (Å²) in [5.74, 6) is 2.39. The van der Waals surface area contributed by atoms with Gasteiger partial charge in [-0.25, -0.2) is 0 Å². The molecular formula is C21H39IN6. The lowest BCUT2D eigenvalue weighted by molar-refractivity contribution is 0.166. The molecule has 0 aromatic carbocycles. The molecule has 2 atom stereocenters. The third-order valence-electron chi connectivity index (χ3n) is 6.57. The van der Waals surface area contributed by atoms with Crippen molar-refractivity contribution in [2.24, 2.45) is 18.0 Å². The van der Waals surface area contributed by atoms with Crippen LogP contribution in [0.1, 0.15) is 57.4 Å². The molecule has 6 nitrogen and oxygen atoms in total. The fraction of sp³-hybridized carbons (Fsp3) is 0.810. The monoisotopic (exact) mass is 502 g/mol. The van der Waals surface area contributed by atoms with Gasteiger partial charge in [0.15, 0.2) is 5.96 Å². The quantitative estimate of drug-likeness (QED) is 0.353. The summed E-state index contributed by atoms with van der Waals surface area (Å²) in [4.78, 5) is 9.74. The first kappa shape index (κ1) is 23.4. The van der Waals surface area contributed by atoms with Gasteiger partial charge in [-0.15, -0.1) is 24.0 Å². The number of aliphatic imine (C=N–C) groups is 1. The van der Waals surface area contributed by atoms with Gasteiger partial charge in [0, 0.05) is 51.9 Å². The van der Waals surface area contributed by atoms with Crippen LogP contribution in [0.5, 0.6) is 0 Å². The Kier molecular flexibility index (Phi) is 9.53. The van der Waals surface area contributed by atoms with Crippen LogP contribution >= 0.6 is 24.0 Å². The number of guanidine groups is 1. The second kappa shape index (κ2) is 11.4. The van der Waals surface area contributed by atoms with Crippen LogP contribution in [-0.2, 0) is 7.05 Å². The van der Waals surface area contributed by atoms with Crippen LogP contribution in [0.2, 0.25) is 0 Å². The Balaban J connectivity index is 0.00000280. The second-order valence-corrected chi connectivity index (χ2v) is 8.19. The predicted octanol–water partition coefficient (Wildman–Crippen LogP) is 3.30. The van der Waals surface area contributed by atoms with E-state index in [0.717, 1.165) is 31.5 Å². The van der Waals surface area contributed by atoms with Gasteiger partial charge in [-0.3, -0.25) is 14.6 Å². The second-order valence-electron chi connectivity index (χ2n) is 8.19. The zero-order valence-electron chi connectivity index (χ0n) is 18.1. The Hall–Kier alpha value is -0.830. The number of hydrogen-bond acceptors (Lipinski definition) is 3. The van der Waals surface area contributed by atoms with E-state index in [4.69, 9.17) is 0 Å². The van der Waals surface area contributed by atoms with Gasteiger partial charge in [-0.1, -0.05) is 26.7 Å². The van der Waals surface area contributed by atoms with Gasteiger partial charge in [-0.05, 0) is 43.8 Å². The Labute approximate surface area is 188 Å². The molecule has 2 fully saturated rings. The van der Waals surface area contributed by atoms with Crippen molar-refractivity contribution in [3.05, 3.63) is 18.0 Å². The first-order chi connectivity index (χ1) is 13.2. The molecule has 160 valence electrons. The van der Waals surface area contributed by atoms with Gasteiger partial charge in [0.2, 0.25) is 0 Å². The normalized spacial score (nSPS) is 22.0. The van der Waals surface area contributed by atoms with E-state index in [-0.39, 0.29) is 24.0 Å². The Bertz CT molecular complexity index is 604. The highest BCUT2D eigenvalue weighted by atomic mass is 127. The molecule has 3 rings (SSSR count). The third-order valence-corrected chi connectivity index (χ3v) is 6.57. The molecule has 1 aromatic heterocycles. The lowest BCUT2D eigenvalue weighted by Gasteiger charge is -2.35. The number of halogens is 1. The summed E-state index contributed by atoms with van der Waals surface area (Å²) >= 11 is 0. The van der Waals surface area contributed by atoms with Crippen molar-refractivity contribution in [2.45, 2.75) is 57.9 Å². The summed E-state index contributed by atoms with van der Waals surface area (Å²) in [7, 11) is 3.91. The Morgan fingerprint density at radius 2 is 1.96 bits per heavy atom. The topological polar surface area (TPSA) is 48.7 Å². The molecule has 28 heavy (non-hydrogen) atoms. The molecule has 2 saturated heterocycles. The molecule has 0 radical (unpaired) electrons. The van der Waals surface area contributed by atoms with E-state index >= 15 is 0 Å². The van der Waals surface area contributed by atoms with Gasteiger partial charge in [0.1, 0.15) is 0 Å². The molecule has 0 saturated carbocycles. The summed E-state index contributed by atoms with van der Waals surface area (Å²) in [6.07, 6.45) is 10.6. The highest BCUT2D eigenvalue weighted by Crippen LogP contribution is 2.27. The van der Waals surface area contributed by atoms with Crippen molar-refractivity contribution >= 4 is 29.9 Å². The number of aromatic nitrogens is 2. The number of rotatable bonds is 7. The van der Waals surface area contributed by atoms with Crippen LogP contribution in [0.3, 0.4) is 0 Å². The Morgan fingerprint density at radius 1 is 1.25 bits per heavy atom. The molecule has 2 unspecified atom stereocenters. The van der Waals surface area contributed by atoms with Crippen molar-refractivity contribution in [1.29, 1.82) is 0 Å². The van der Waals surface area contributed by atoms with Crippen molar-refractivity contribution in [1.82, 2.24) is 24.9 Å². The largest absolute Gasteiger partial charge is 0.355 e. The van der Waals surface area contributed by atoms with Crippen LogP contribution in [0.4, 0.5) is 0 Å². The third kappa shape index (κ3) is 5.62.